The lowest BCUT2D eigenvalue weighted by Crippen LogP contribution is -2.18. The fraction of sp³-hybridized carbons (Fsp3) is 1.00. The summed E-state index contributed by atoms with van der Waals surface area (Å²) in [7, 11) is 0. The normalized spacial score (nSPS) is 17.4. The summed E-state index contributed by atoms with van der Waals surface area (Å²) in [4.78, 5) is 0. The molecule has 1 N–H and O–H groups in total. The summed E-state index contributed by atoms with van der Waals surface area (Å²) in [5, 5.41) is 9.68. The minimum Gasteiger partial charge on any atom is -0.393 e. The lowest BCUT2D eigenvalue weighted by Gasteiger charge is -2.21. The molecule has 0 aromatic carbocycles. The lowest BCUT2D eigenvalue weighted by molar-refractivity contribution is 0.0983. The predicted molar refractivity (Wildman–Crippen MR) is 68.0 cm³/mol. The Labute approximate surface area is 96.3 Å². The average Bonchev–Trinajstić information content (AvgIpc) is 2.23. The molecule has 0 bridgehead atoms. The standard InChI is InChI=1S/C14H30O/c1-5-7-8-9-10-12(3)11-13(4)14(15)6-2/h12-15H,5-11H2,1-4H3. The van der Waals surface area contributed by atoms with Crippen molar-refractivity contribution in [1.82, 2.24) is 0 Å². The van der Waals surface area contributed by atoms with Crippen molar-refractivity contribution in [3.05, 3.63) is 0 Å². The molecule has 0 aromatic rings. The van der Waals surface area contributed by atoms with E-state index in [0.29, 0.717) is 5.92 Å². The van der Waals surface area contributed by atoms with Crippen LogP contribution in [0, 0.1) is 11.8 Å². The molecule has 0 rings (SSSR count). The number of unbranched alkanes of at least 4 members (excludes halogenated alkanes) is 3. The molecule has 0 amide bonds. The largest absolute Gasteiger partial charge is 0.393 e. The third kappa shape index (κ3) is 7.84. The zero-order chi connectivity index (χ0) is 11.7. The maximum atomic E-state index is 9.68. The Balaban J connectivity index is 3.50. The molecule has 92 valence electrons. The maximum absolute atomic E-state index is 9.68. The molecule has 0 fully saturated rings. The molecule has 0 aliphatic heterocycles. The highest BCUT2D eigenvalue weighted by molar-refractivity contribution is 4.66. The van der Waals surface area contributed by atoms with Crippen LogP contribution in [0.4, 0.5) is 0 Å². The van der Waals surface area contributed by atoms with Crippen LogP contribution in [-0.4, -0.2) is 11.2 Å². The summed E-state index contributed by atoms with van der Waals surface area (Å²) >= 11 is 0. The fourth-order valence-electron chi connectivity index (χ4n) is 2.23. The van der Waals surface area contributed by atoms with Crippen molar-refractivity contribution in [2.75, 3.05) is 0 Å². The topological polar surface area (TPSA) is 20.2 Å². The summed E-state index contributed by atoms with van der Waals surface area (Å²) in [6.07, 6.45) is 8.75. The highest BCUT2D eigenvalue weighted by atomic mass is 16.3. The van der Waals surface area contributed by atoms with Crippen LogP contribution in [-0.2, 0) is 0 Å². The predicted octanol–water partition coefficient (Wildman–Crippen LogP) is 4.39. The molecular formula is C14H30O. The molecule has 1 nitrogen and oxygen atoms in total. The zero-order valence-corrected chi connectivity index (χ0v) is 11.1. The first kappa shape index (κ1) is 15.0. The van der Waals surface area contributed by atoms with Gasteiger partial charge in [0.05, 0.1) is 6.10 Å². The van der Waals surface area contributed by atoms with Crippen LogP contribution in [0.2, 0.25) is 0 Å². The molecule has 0 saturated carbocycles. The van der Waals surface area contributed by atoms with Gasteiger partial charge >= 0.3 is 0 Å². The Morgan fingerprint density at radius 1 is 1.00 bits per heavy atom. The highest BCUT2D eigenvalue weighted by Gasteiger charge is 2.15. The second kappa shape index (κ2) is 9.21. The molecular weight excluding hydrogens is 184 g/mol. The molecule has 0 aromatic heterocycles. The first-order valence-electron chi connectivity index (χ1n) is 6.79. The number of hydrogen-bond donors (Lipinski definition) is 1. The van der Waals surface area contributed by atoms with Gasteiger partial charge in [0.15, 0.2) is 0 Å². The number of aliphatic hydroxyl groups excluding tert-OH is 1. The van der Waals surface area contributed by atoms with Gasteiger partial charge in [-0.05, 0) is 24.7 Å². The molecule has 0 spiro atoms. The van der Waals surface area contributed by atoms with E-state index in [-0.39, 0.29) is 6.10 Å². The summed E-state index contributed by atoms with van der Waals surface area (Å²) < 4.78 is 0. The van der Waals surface area contributed by atoms with Crippen molar-refractivity contribution in [1.29, 1.82) is 0 Å². The molecule has 0 heterocycles. The van der Waals surface area contributed by atoms with Gasteiger partial charge in [0.1, 0.15) is 0 Å². The fourth-order valence-corrected chi connectivity index (χ4v) is 2.23. The second-order valence-electron chi connectivity index (χ2n) is 5.14. The molecule has 15 heavy (non-hydrogen) atoms. The van der Waals surface area contributed by atoms with Gasteiger partial charge in [-0.15, -0.1) is 0 Å². The van der Waals surface area contributed by atoms with Crippen molar-refractivity contribution in [2.45, 2.75) is 78.7 Å². The van der Waals surface area contributed by atoms with Crippen LogP contribution in [0.25, 0.3) is 0 Å². The number of hydrogen-bond acceptors (Lipinski definition) is 1. The van der Waals surface area contributed by atoms with E-state index in [1.807, 2.05) is 0 Å². The van der Waals surface area contributed by atoms with Gasteiger partial charge in [0, 0.05) is 0 Å². The van der Waals surface area contributed by atoms with Crippen LogP contribution in [0.3, 0.4) is 0 Å². The number of aliphatic hydroxyl groups is 1. The first-order chi connectivity index (χ1) is 7.11. The lowest BCUT2D eigenvalue weighted by atomic mass is 9.89. The molecule has 1 heteroatoms. The van der Waals surface area contributed by atoms with Gasteiger partial charge in [-0.25, -0.2) is 0 Å². The maximum Gasteiger partial charge on any atom is 0.0563 e. The van der Waals surface area contributed by atoms with Gasteiger partial charge in [-0.1, -0.05) is 59.8 Å². The van der Waals surface area contributed by atoms with Crippen LogP contribution >= 0.6 is 0 Å². The number of rotatable bonds is 9. The van der Waals surface area contributed by atoms with Crippen molar-refractivity contribution < 1.29 is 5.11 Å². The molecule has 3 atom stereocenters. The minimum atomic E-state index is -0.0944. The minimum absolute atomic E-state index is 0.0944. The summed E-state index contributed by atoms with van der Waals surface area (Å²) in [5.74, 6) is 1.24. The second-order valence-corrected chi connectivity index (χ2v) is 5.14. The van der Waals surface area contributed by atoms with Gasteiger partial charge in [0.25, 0.3) is 0 Å². The molecule has 0 radical (unpaired) electrons. The monoisotopic (exact) mass is 214 g/mol. The zero-order valence-electron chi connectivity index (χ0n) is 11.1. The molecule has 0 aliphatic carbocycles. The molecule has 3 unspecified atom stereocenters. The Hall–Kier alpha value is -0.0400. The Bertz CT molecular complexity index is 133. The van der Waals surface area contributed by atoms with E-state index in [0.717, 1.165) is 12.3 Å². The Morgan fingerprint density at radius 3 is 2.20 bits per heavy atom. The summed E-state index contributed by atoms with van der Waals surface area (Å²) in [6, 6.07) is 0. The highest BCUT2D eigenvalue weighted by Crippen LogP contribution is 2.21. The molecule has 0 saturated heterocycles. The quantitative estimate of drug-likeness (QED) is 0.564. The van der Waals surface area contributed by atoms with E-state index in [4.69, 9.17) is 0 Å². The van der Waals surface area contributed by atoms with E-state index >= 15 is 0 Å². The Morgan fingerprint density at radius 2 is 1.67 bits per heavy atom. The van der Waals surface area contributed by atoms with Crippen molar-refractivity contribution >= 4 is 0 Å². The van der Waals surface area contributed by atoms with Gasteiger partial charge in [-0.2, -0.15) is 0 Å². The smallest absolute Gasteiger partial charge is 0.0563 e. The van der Waals surface area contributed by atoms with Crippen LogP contribution in [0.1, 0.15) is 72.6 Å². The molecule has 0 aliphatic rings. The van der Waals surface area contributed by atoms with Gasteiger partial charge in [0.2, 0.25) is 0 Å². The SMILES string of the molecule is CCCCCCC(C)CC(C)C(O)CC. The average molecular weight is 214 g/mol. The van der Waals surface area contributed by atoms with Crippen LogP contribution in [0.15, 0.2) is 0 Å². The summed E-state index contributed by atoms with van der Waals surface area (Å²) in [6.45, 7) is 8.82. The third-order valence-corrected chi connectivity index (χ3v) is 3.40. The summed E-state index contributed by atoms with van der Waals surface area (Å²) in [5.41, 5.74) is 0. The van der Waals surface area contributed by atoms with Crippen molar-refractivity contribution in [3.63, 3.8) is 0 Å². The first-order valence-corrected chi connectivity index (χ1v) is 6.79. The van der Waals surface area contributed by atoms with E-state index in [9.17, 15) is 5.11 Å². The van der Waals surface area contributed by atoms with E-state index in [1.165, 1.54) is 38.5 Å². The van der Waals surface area contributed by atoms with Gasteiger partial charge < -0.3 is 5.11 Å². The van der Waals surface area contributed by atoms with Crippen LogP contribution in [0.5, 0.6) is 0 Å². The third-order valence-electron chi connectivity index (χ3n) is 3.40. The Kier molecular flexibility index (Phi) is 9.18. The van der Waals surface area contributed by atoms with E-state index < -0.39 is 0 Å². The van der Waals surface area contributed by atoms with E-state index in [2.05, 4.69) is 27.7 Å². The van der Waals surface area contributed by atoms with Crippen LogP contribution < -0.4 is 0 Å². The van der Waals surface area contributed by atoms with E-state index in [1.54, 1.807) is 0 Å². The van der Waals surface area contributed by atoms with Crippen molar-refractivity contribution in [3.8, 4) is 0 Å². The van der Waals surface area contributed by atoms with Gasteiger partial charge in [-0.3, -0.25) is 0 Å². The van der Waals surface area contributed by atoms with Crippen molar-refractivity contribution in [2.24, 2.45) is 11.8 Å².